The number of nitrogens with zero attached hydrogens (tertiary/aromatic N) is 3. The fraction of sp³-hybridized carbons (Fsp3) is 0.167. The summed E-state index contributed by atoms with van der Waals surface area (Å²) < 4.78 is 0. The average Bonchev–Trinajstić information content (AvgIpc) is 2.72. The third-order valence-electron chi connectivity index (χ3n) is 2.84. The maximum absolute atomic E-state index is 5.77. The molecule has 0 unspecified atom stereocenters. The van der Waals surface area contributed by atoms with E-state index >= 15 is 0 Å². The second-order valence-electron chi connectivity index (χ2n) is 4.09. The van der Waals surface area contributed by atoms with E-state index in [-0.39, 0.29) is 0 Å². The van der Waals surface area contributed by atoms with Gasteiger partial charge >= 0.3 is 0 Å². The molecule has 17 heavy (non-hydrogen) atoms. The number of rotatable bonds is 1. The van der Waals surface area contributed by atoms with Crippen LogP contribution in [0, 0.1) is 0 Å². The van der Waals surface area contributed by atoms with Crippen molar-refractivity contribution in [1.82, 2.24) is 9.97 Å². The molecule has 0 spiro atoms. The van der Waals surface area contributed by atoms with Gasteiger partial charge in [0.05, 0.1) is 17.4 Å². The van der Waals surface area contributed by atoms with Crippen LogP contribution in [0.25, 0.3) is 0 Å². The van der Waals surface area contributed by atoms with Gasteiger partial charge in [0.2, 0.25) is 5.95 Å². The standard InChI is InChI=1S/C12H11ClN4/c13-10-4-15-12(16-5-10)17-6-8-1-2-11(14)3-9(8)7-17/h1-5H,6-7,14H2. The van der Waals surface area contributed by atoms with Crippen molar-refractivity contribution < 1.29 is 0 Å². The van der Waals surface area contributed by atoms with Crippen molar-refractivity contribution in [3.8, 4) is 0 Å². The molecule has 0 atom stereocenters. The number of hydrogen-bond acceptors (Lipinski definition) is 4. The van der Waals surface area contributed by atoms with Crippen molar-refractivity contribution in [2.45, 2.75) is 13.1 Å². The van der Waals surface area contributed by atoms with Crippen molar-refractivity contribution in [3.05, 3.63) is 46.7 Å². The lowest BCUT2D eigenvalue weighted by molar-refractivity contribution is 0.828. The predicted molar refractivity (Wildman–Crippen MR) is 67.8 cm³/mol. The minimum atomic E-state index is 0.551. The molecular weight excluding hydrogens is 236 g/mol. The molecule has 5 heteroatoms. The van der Waals surface area contributed by atoms with Gasteiger partial charge in [0.25, 0.3) is 0 Å². The van der Waals surface area contributed by atoms with Crippen LogP contribution in [0.1, 0.15) is 11.1 Å². The van der Waals surface area contributed by atoms with E-state index in [2.05, 4.69) is 20.9 Å². The van der Waals surface area contributed by atoms with Gasteiger partial charge in [-0.1, -0.05) is 17.7 Å². The molecule has 1 aromatic heterocycles. The van der Waals surface area contributed by atoms with Crippen LogP contribution in [0.4, 0.5) is 11.6 Å². The Bertz CT molecular complexity index is 553. The number of hydrogen-bond donors (Lipinski definition) is 1. The van der Waals surface area contributed by atoms with E-state index in [9.17, 15) is 0 Å². The lowest BCUT2D eigenvalue weighted by Crippen LogP contribution is -2.17. The van der Waals surface area contributed by atoms with Crippen LogP contribution >= 0.6 is 11.6 Å². The lowest BCUT2D eigenvalue weighted by Gasteiger charge is -2.14. The van der Waals surface area contributed by atoms with Gasteiger partial charge in [-0.05, 0) is 23.3 Å². The summed E-state index contributed by atoms with van der Waals surface area (Å²) in [6, 6.07) is 5.98. The highest BCUT2D eigenvalue weighted by molar-refractivity contribution is 6.30. The number of nitrogen functional groups attached to an aromatic ring is 1. The summed E-state index contributed by atoms with van der Waals surface area (Å²) in [5.74, 6) is 0.698. The topological polar surface area (TPSA) is 55.0 Å². The van der Waals surface area contributed by atoms with Gasteiger partial charge < -0.3 is 10.6 Å². The summed E-state index contributed by atoms with van der Waals surface area (Å²) in [4.78, 5) is 10.5. The van der Waals surface area contributed by atoms with Crippen molar-refractivity contribution in [1.29, 1.82) is 0 Å². The Balaban J connectivity index is 1.88. The summed E-state index contributed by atoms with van der Waals surface area (Å²) >= 11 is 5.77. The Morgan fingerprint density at radius 2 is 1.82 bits per heavy atom. The highest BCUT2D eigenvalue weighted by atomic mass is 35.5. The number of halogens is 1. The molecule has 2 heterocycles. The van der Waals surface area contributed by atoms with E-state index < -0.39 is 0 Å². The molecule has 0 amide bonds. The molecule has 0 radical (unpaired) electrons. The fourth-order valence-electron chi connectivity index (χ4n) is 2.02. The van der Waals surface area contributed by atoms with E-state index in [1.54, 1.807) is 12.4 Å². The van der Waals surface area contributed by atoms with E-state index in [1.165, 1.54) is 11.1 Å². The number of aromatic nitrogens is 2. The molecule has 0 saturated carbocycles. The van der Waals surface area contributed by atoms with Crippen LogP contribution in [0.5, 0.6) is 0 Å². The van der Waals surface area contributed by atoms with Crippen LogP contribution < -0.4 is 10.6 Å². The Morgan fingerprint density at radius 3 is 2.59 bits per heavy atom. The van der Waals surface area contributed by atoms with E-state index in [4.69, 9.17) is 17.3 Å². The summed E-state index contributed by atoms with van der Waals surface area (Å²) in [7, 11) is 0. The first-order valence-corrected chi connectivity index (χ1v) is 5.70. The van der Waals surface area contributed by atoms with Crippen LogP contribution in [-0.4, -0.2) is 9.97 Å². The Hall–Kier alpha value is -1.81. The first-order chi connectivity index (χ1) is 8.22. The second-order valence-corrected chi connectivity index (χ2v) is 4.52. The summed E-state index contributed by atoms with van der Waals surface area (Å²) in [5.41, 5.74) is 9.08. The van der Waals surface area contributed by atoms with Crippen LogP contribution in [0.3, 0.4) is 0 Å². The third kappa shape index (κ3) is 1.91. The van der Waals surface area contributed by atoms with Crippen molar-refractivity contribution in [3.63, 3.8) is 0 Å². The normalized spacial score (nSPS) is 13.8. The average molecular weight is 247 g/mol. The molecule has 0 bridgehead atoms. The summed E-state index contributed by atoms with van der Waals surface area (Å²) in [6.45, 7) is 1.61. The molecular formula is C12H11ClN4. The van der Waals surface area contributed by atoms with Gasteiger partial charge in [-0.15, -0.1) is 0 Å². The zero-order chi connectivity index (χ0) is 11.8. The molecule has 86 valence electrons. The highest BCUT2D eigenvalue weighted by Crippen LogP contribution is 2.27. The Labute approximate surface area is 104 Å². The number of fused-ring (bicyclic) bond motifs is 1. The zero-order valence-electron chi connectivity index (χ0n) is 9.10. The minimum Gasteiger partial charge on any atom is -0.399 e. The van der Waals surface area contributed by atoms with Crippen LogP contribution in [0.2, 0.25) is 5.02 Å². The van der Waals surface area contributed by atoms with Gasteiger partial charge in [-0.25, -0.2) is 9.97 Å². The molecule has 2 aromatic rings. The highest BCUT2D eigenvalue weighted by Gasteiger charge is 2.20. The number of benzene rings is 1. The van der Waals surface area contributed by atoms with Gasteiger partial charge in [-0.2, -0.15) is 0 Å². The molecule has 3 rings (SSSR count). The zero-order valence-corrected chi connectivity index (χ0v) is 9.85. The van der Waals surface area contributed by atoms with Gasteiger partial charge in [0.15, 0.2) is 0 Å². The smallest absolute Gasteiger partial charge is 0.225 e. The lowest BCUT2D eigenvalue weighted by atomic mass is 10.1. The first-order valence-electron chi connectivity index (χ1n) is 5.32. The van der Waals surface area contributed by atoms with Gasteiger partial charge in [-0.3, -0.25) is 0 Å². The van der Waals surface area contributed by atoms with Gasteiger partial charge in [0, 0.05) is 18.8 Å². The van der Waals surface area contributed by atoms with Crippen LogP contribution in [-0.2, 0) is 13.1 Å². The molecule has 1 aliphatic heterocycles. The number of anilines is 2. The molecule has 4 nitrogen and oxygen atoms in total. The number of nitrogens with two attached hydrogens (primary N) is 1. The predicted octanol–water partition coefficient (Wildman–Crippen LogP) is 2.23. The van der Waals surface area contributed by atoms with Crippen molar-refractivity contribution in [2.24, 2.45) is 0 Å². The molecule has 0 saturated heterocycles. The molecule has 0 fully saturated rings. The maximum Gasteiger partial charge on any atom is 0.225 e. The monoisotopic (exact) mass is 246 g/mol. The summed E-state index contributed by atoms with van der Waals surface area (Å²) in [6.07, 6.45) is 3.22. The first kappa shape index (κ1) is 10.4. The van der Waals surface area contributed by atoms with E-state index in [0.29, 0.717) is 11.0 Å². The van der Waals surface area contributed by atoms with Crippen molar-refractivity contribution >= 4 is 23.2 Å². The maximum atomic E-state index is 5.77. The quantitative estimate of drug-likeness (QED) is 0.784. The molecule has 1 aromatic carbocycles. The van der Waals surface area contributed by atoms with Gasteiger partial charge in [0.1, 0.15) is 0 Å². The molecule has 0 aliphatic carbocycles. The summed E-state index contributed by atoms with van der Waals surface area (Å²) in [5, 5.41) is 0.551. The Morgan fingerprint density at radius 1 is 1.12 bits per heavy atom. The van der Waals surface area contributed by atoms with Crippen LogP contribution in [0.15, 0.2) is 30.6 Å². The molecule has 1 aliphatic rings. The largest absolute Gasteiger partial charge is 0.399 e. The fourth-order valence-corrected chi connectivity index (χ4v) is 2.12. The van der Waals surface area contributed by atoms with E-state index in [1.807, 2.05) is 12.1 Å². The third-order valence-corrected chi connectivity index (χ3v) is 3.04. The molecule has 2 N–H and O–H groups in total. The Kier molecular flexibility index (Phi) is 2.37. The second kappa shape index (κ2) is 3.89. The SMILES string of the molecule is Nc1ccc2c(c1)CN(c1ncc(Cl)cn1)C2. The minimum absolute atomic E-state index is 0.551. The van der Waals surface area contributed by atoms with Crippen molar-refractivity contribution in [2.75, 3.05) is 10.6 Å². The van der Waals surface area contributed by atoms with E-state index in [0.717, 1.165) is 18.8 Å².